The van der Waals surface area contributed by atoms with Crippen LogP contribution in [0.5, 0.6) is 5.75 Å². The zero-order chi connectivity index (χ0) is 15.2. The van der Waals surface area contributed by atoms with E-state index in [4.69, 9.17) is 4.74 Å². The van der Waals surface area contributed by atoms with Crippen LogP contribution in [0.4, 0.5) is 4.39 Å². The van der Waals surface area contributed by atoms with Gasteiger partial charge in [0.25, 0.3) is 0 Å². The third kappa shape index (κ3) is 4.99. The number of ether oxygens (including phenoxy) is 1. The van der Waals surface area contributed by atoms with Crippen molar-refractivity contribution in [2.75, 3.05) is 13.1 Å². The Labute approximate surface area is 128 Å². The third-order valence-electron chi connectivity index (χ3n) is 4.02. The SMILES string of the molecule is CCCNCC(CC(C)C)CC1Cc2cc(F)ccc2O1. The predicted molar refractivity (Wildman–Crippen MR) is 85.2 cm³/mol. The molecule has 1 N–H and O–H groups in total. The summed E-state index contributed by atoms with van der Waals surface area (Å²) in [4.78, 5) is 0. The molecule has 0 bridgehead atoms. The molecule has 0 aromatic heterocycles. The fourth-order valence-electron chi connectivity index (χ4n) is 3.20. The first-order valence-corrected chi connectivity index (χ1v) is 8.24. The lowest BCUT2D eigenvalue weighted by Gasteiger charge is -2.22. The van der Waals surface area contributed by atoms with Crippen molar-refractivity contribution in [3.8, 4) is 5.75 Å². The fraction of sp³-hybridized carbons (Fsp3) is 0.667. The van der Waals surface area contributed by atoms with E-state index in [-0.39, 0.29) is 11.9 Å². The molecule has 1 aliphatic rings. The van der Waals surface area contributed by atoms with Crippen molar-refractivity contribution in [2.24, 2.45) is 11.8 Å². The first kappa shape index (κ1) is 16.3. The predicted octanol–water partition coefficient (Wildman–Crippen LogP) is 4.18. The van der Waals surface area contributed by atoms with E-state index in [2.05, 4.69) is 26.1 Å². The standard InChI is InChI=1S/C18H28FNO/c1-4-7-20-12-14(8-13(2)3)9-17-11-15-10-16(19)5-6-18(15)21-17/h5-6,10,13-14,17,20H,4,7-9,11-12H2,1-3H3. The van der Waals surface area contributed by atoms with E-state index in [1.165, 1.54) is 18.9 Å². The molecule has 3 heteroatoms. The van der Waals surface area contributed by atoms with E-state index in [0.717, 1.165) is 37.2 Å². The topological polar surface area (TPSA) is 21.3 Å². The smallest absolute Gasteiger partial charge is 0.123 e. The Morgan fingerprint density at radius 1 is 1.38 bits per heavy atom. The van der Waals surface area contributed by atoms with Gasteiger partial charge in [-0.2, -0.15) is 0 Å². The molecule has 0 spiro atoms. The van der Waals surface area contributed by atoms with Gasteiger partial charge >= 0.3 is 0 Å². The first-order valence-electron chi connectivity index (χ1n) is 8.24. The normalized spacial score (nSPS) is 18.6. The van der Waals surface area contributed by atoms with Crippen molar-refractivity contribution in [3.63, 3.8) is 0 Å². The maximum atomic E-state index is 13.3. The van der Waals surface area contributed by atoms with Crippen LogP contribution in [-0.4, -0.2) is 19.2 Å². The molecular formula is C18H28FNO. The van der Waals surface area contributed by atoms with Gasteiger partial charge in [-0.3, -0.25) is 0 Å². The zero-order valence-electron chi connectivity index (χ0n) is 13.5. The van der Waals surface area contributed by atoms with Gasteiger partial charge < -0.3 is 10.1 Å². The van der Waals surface area contributed by atoms with Gasteiger partial charge in [0.2, 0.25) is 0 Å². The molecule has 0 saturated heterocycles. The van der Waals surface area contributed by atoms with E-state index < -0.39 is 0 Å². The summed E-state index contributed by atoms with van der Waals surface area (Å²) in [6.07, 6.45) is 4.47. The third-order valence-corrected chi connectivity index (χ3v) is 4.02. The summed E-state index contributed by atoms with van der Waals surface area (Å²) >= 11 is 0. The summed E-state index contributed by atoms with van der Waals surface area (Å²) in [5.74, 6) is 2.02. The van der Waals surface area contributed by atoms with Crippen LogP contribution in [0, 0.1) is 17.7 Å². The highest BCUT2D eigenvalue weighted by atomic mass is 19.1. The molecule has 118 valence electrons. The molecule has 2 atom stereocenters. The highest BCUT2D eigenvalue weighted by Gasteiger charge is 2.26. The first-order chi connectivity index (χ1) is 10.1. The van der Waals surface area contributed by atoms with Crippen LogP contribution in [0.3, 0.4) is 0 Å². The van der Waals surface area contributed by atoms with Crippen LogP contribution >= 0.6 is 0 Å². The second kappa shape index (κ2) is 7.79. The number of rotatable bonds is 8. The molecule has 1 aromatic carbocycles. The van der Waals surface area contributed by atoms with E-state index in [1.807, 2.05) is 0 Å². The molecule has 2 rings (SSSR count). The summed E-state index contributed by atoms with van der Waals surface area (Å²) in [5.41, 5.74) is 1.02. The Bertz CT molecular complexity index is 447. The van der Waals surface area contributed by atoms with Crippen LogP contribution in [0.15, 0.2) is 18.2 Å². The molecule has 1 heterocycles. The number of halogens is 1. The molecule has 0 saturated carbocycles. The van der Waals surface area contributed by atoms with Crippen molar-refractivity contribution in [2.45, 2.75) is 52.6 Å². The van der Waals surface area contributed by atoms with Gasteiger partial charge in [0, 0.05) is 12.0 Å². The number of nitrogens with one attached hydrogen (secondary N) is 1. The minimum atomic E-state index is -0.165. The Balaban J connectivity index is 1.89. The van der Waals surface area contributed by atoms with Gasteiger partial charge in [-0.25, -0.2) is 4.39 Å². The van der Waals surface area contributed by atoms with E-state index >= 15 is 0 Å². The highest BCUT2D eigenvalue weighted by Crippen LogP contribution is 2.32. The van der Waals surface area contributed by atoms with Crippen LogP contribution < -0.4 is 10.1 Å². The monoisotopic (exact) mass is 293 g/mol. The van der Waals surface area contributed by atoms with Gasteiger partial charge in [0.15, 0.2) is 0 Å². The molecule has 0 fully saturated rings. The highest BCUT2D eigenvalue weighted by molar-refractivity contribution is 5.37. The molecule has 21 heavy (non-hydrogen) atoms. The van der Waals surface area contributed by atoms with E-state index in [0.29, 0.717) is 11.8 Å². The maximum Gasteiger partial charge on any atom is 0.123 e. The summed E-state index contributed by atoms with van der Waals surface area (Å²) in [7, 11) is 0. The number of hydrogen-bond acceptors (Lipinski definition) is 2. The Kier molecular flexibility index (Phi) is 6.04. The summed E-state index contributed by atoms with van der Waals surface area (Å²) in [5, 5.41) is 3.53. The minimum absolute atomic E-state index is 0.165. The summed E-state index contributed by atoms with van der Waals surface area (Å²) in [6.45, 7) is 8.86. The molecule has 1 aliphatic heterocycles. The lowest BCUT2D eigenvalue weighted by Crippen LogP contribution is -2.29. The number of benzene rings is 1. The van der Waals surface area contributed by atoms with Crippen LogP contribution in [0.25, 0.3) is 0 Å². The van der Waals surface area contributed by atoms with Crippen LogP contribution in [-0.2, 0) is 6.42 Å². The Morgan fingerprint density at radius 2 is 2.19 bits per heavy atom. The summed E-state index contributed by atoms with van der Waals surface area (Å²) in [6, 6.07) is 4.86. The Morgan fingerprint density at radius 3 is 2.90 bits per heavy atom. The largest absolute Gasteiger partial charge is 0.490 e. The van der Waals surface area contributed by atoms with Crippen molar-refractivity contribution in [1.29, 1.82) is 0 Å². The quantitative estimate of drug-likeness (QED) is 0.726. The van der Waals surface area contributed by atoms with Crippen molar-refractivity contribution < 1.29 is 9.13 Å². The Hall–Kier alpha value is -1.09. The molecule has 0 aliphatic carbocycles. The molecular weight excluding hydrogens is 265 g/mol. The zero-order valence-corrected chi connectivity index (χ0v) is 13.5. The summed E-state index contributed by atoms with van der Waals surface area (Å²) < 4.78 is 19.2. The van der Waals surface area contributed by atoms with Crippen molar-refractivity contribution >= 4 is 0 Å². The van der Waals surface area contributed by atoms with Crippen molar-refractivity contribution in [3.05, 3.63) is 29.6 Å². The van der Waals surface area contributed by atoms with Crippen LogP contribution in [0.1, 0.15) is 45.6 Å². The lowest BCUT2D eigenvalue weighted by atomic mass is 9.90. The van der Waals surface area contributed by atoms with E-state index in [1.54, 1.807) is 12.1 Å². The lowest BCUT2D eigenvalue weighted by molar-refractivity contribution is 0.182. The van der Waals surface area contributed by atoms with E-state index in [9.17, 15) is 4.39 Å². The molecule has 2 unspecified atom stereocenters. The van der Waals surface area contributed by atoms with Gasteiger partial charge in [0.1, 0.15) is 17.7 Å². The van der Waals surface area contributed by atoms with Gasteiger partial charge in [-0.05, 0) is 62.4 Å². The maximum absolute atomic E-state index is 13.3. The minimum Gasteiger partial charge on any atom is -0.490 e. The van der Waals surface area contributed by atoms with Gasteiger partial charge in [-0.15, -0.1) is 0 Å². The fourth-order valence-corrected chi connectivity index (χ4v) is 3.20. The molecule has 0 amide bonds. The van der Waals surface area contributed by atoms with Gasteiger partial charge in [0.05, 0.1) is 0 Å². The van der Waals surface area contributed by atoms with Gasteiger partial charge in [-0.1, -0.05) is 20.8 Å². The second-order valence-electron chi connectivity index (χ2n) is 6.63. The second-order valence-corrected chi connectivity index (χ2v) is 6.63. The average molecular weight is 293 g/mol. The number of hydrogen-bond donors (Lipinski definition) is 1. The van der Waals surface area contributed by atoms with Crippen LogP contribution in [0.2, 0.25) is 0 Å². The van der Waals surface area contributed by atoms with Crippen molar-refractivity contribution in [1.82, 2.24) is 5.32 Å². The molecule has 0 radical (unpaired) electrons. The molecule has 2 nitrogen and oxygen atoms in total. The average Bonchev–Trinajstić information content (AvgIpc) is 2.79. The number of fused-ring (bicyclic) bond motifs is 1. The molecule has 1 aromatic rings.